The van der Waals surface area contributed by atoms with Gasteiger partial charge in [0.05, 0.1) is 28.5 Å². The minimum atomic E-state index is -0.632. The molecule has 180 valence electrons. The highest BCUT2D eigenvalue weighted by Gasteiger charge is 2.33. The number of halogens is 1. The summed E-state index contributed by atoms with van der Waals surface area (Å²) in [5.41, 5.74) is 3.33. The molecule has 0 saturated carbocycles. The second-order valence-corrected chi connectivity index (χ2v) is 9.92. The smallest absolute Gasteiger partial charge is 0.338 e. The normalized spacial score (nSPS) is 15.4. The predicted octanol–water partition coefficient (Wildman–Crippen LogP) is 4.43. The topological polar surface area (TPSA) is 69.9 Å². The van der Waals surface area contributed by atoms with E-state index in [1.165, 1.54) is 11.3 Å². The highest BCUT2D eigenvalue weighted by atomic mass is 79.9. The SMILES string of the molecule is C=CCOc1ccc(Br)cc1/C=c1\sc2n(c1=O)[C@@H](c1ccc(C)cc1)C(C(=O)OCC)=C(C)N=2. The average molecular weight is 553 g/mol. The molecule has 0 unspecified atom stereocenters. The van der Waals surface area contributed by atoms with E-state index in [1.807, 2.05) is 49.4 Å². The molecule has 1 aliphatic heterocycles. The lowest BCUT2D eigenvalue weighted by Crippen LogP contribution is -2.39. The van der Waals surface area contributed by atoms with Gasteiger partial charge in [-0.3, -0.25) is 9.36 Å². The zero-order valence-electron chi connectivity index (χ0n) is 19.7. The summed E-state index contributed by atoms with van der Waals surface area (Å²) >= 11 is 4.77. The van der Waals surface area contributed by atoms with Crippen LogP contribution >= 0.6 is 27.3 Å². The maximum atomic E-state index is 13.8. The first-order chi connectivity index (χ1) is 16.8. The third kappa shape index (κ3) is 5.09. The van der Waals surface area contributed by atoms with Crippen LogP contribution in [0, 0.1) is 6.92 Å². The molecule has 0 spiro atoms. The minimum absolute atomic E-state index is 0.233. The number of aromatic nitrogens is 1. The van der Waals surface area contributed by atoms with Crippen LogP contribution in [0.3, 0.4) is 0 Å². The number of hydrogen-bond acceptors (Lipinski definition) is 6. The van der Waals surface area contributed by atoms with Crippen LogP contribution in [0.15, 0.2) is 80.6 Å². The van der Waals surface area contributed by atoms with Crippen molar-refractivity contribution >= 4 is 39.3 Å². The number of allylic oxidation sites excluding steroid dienone is 1. The number of ether oxygens (including phenoxy) is 2. The van der Waals surface area contributed by atoms with Gasteiger partial charge in [-0.05, 0) is 50.6 Å². The van der Waals surface area contributed by atoms with E-state index in [0.29, 0.717) is 33.0 Å². The molecule has 6 nitrogen and oxygen atoms in total. The third-order valence-electron chi connectivity index (χ3n) is 5.53. The first kappa shape index (κ1) is 24.9. The van der Waals surface area contributed by atoms with Gasteiger partial charge in [0.15, 0.2) is 4.80 Å². The molecule has 2 heterocycles. The van der Waals surface area contributed by atoms with Crippen LogP contribution in [0.25, 0.3) is 6.08 Å². The van der Waals surface area contributed by atoms with Gasteiger partial charge in [0.1, 0.15) is 12.4 Å². The van der Waals surface area contributed by atoms with Crippen molar-refractivity contribution in [3.05, 3.63) is 107 Å². The van der Waals surface area contributed by atoms with E-state index in [1.54, 1.807) is 30.6 Å². The summed E-state index contributed by atoms with van der Waals surface area (Å²) in [5.74, 6) is 0.165. The Balaban J connectivity index is 1.94. The fourth-order valence-corrected chi connectivity index (χ4v) is 5.33. The van der Waals surface area contributed by atoms with Gasteiger partial charge in [-0.2, -0.15) is 0 Å². The summed E-state index contributed by atoms with van der Waals surface area (Å²) < 4.78 is 14.1. The molecule has 0 radical (unpaired) electrons. The van der Waals surface area contributed by atoms with E-state index in [0.717, 1.165) is 21.2 Å². The van der Waals surface area contributed by atoms with Crippen LogP contribution in [0.2, 0.25) is 0 Å². The van der Waals surface area contributed by atoms with Crippen LogP contribution in [-0.2, 0) is 9.53 Å². The summed E-state index contributed by atoms with van der Waals surface area (Å²) in [4.78, 5) is 31.9. The van der Waals surface area contributed by atoms with E-state index in [4.69, 9.17) is 9.47 Å². The van der Waals surface area contributed by atoms with Crippen molar-refractivity contribution in [1.29, 1.82) is 0 Å². The molecule has 1 atom stereocenters. The van der Waals surface area contributed by atoms with E-state index >= 15 is 0 Å². The number of aryl methyl sites for hydroxylation is 1. The summed E-state index contributed by atoms with van der Waals surface area (Å²) in [5, 5.41) is 0. The number of hydrogen-bond donors (Lipinski definition) is 0. The van der Waals surface area contributed by atoms with Gasteiger partial charge in [-0.1, -0.05) is 69.8 Å². The van der Waals surface area contributed by atoms with Gasteiger partial charge in [-0.15, -0.1) is 0 Å². The summed E-state index contributed by atoms with van der Waals surface area (Å²) in [7, 11) is 0. The number of fused-ring (bicyclic) bond motifs is 1. The van der Waals surface area contributed by atoms with Gasteiger partial charge < -0.3 is 9.47 Å². The number of carbonyl (C=O) groups is 1. The third-order valence-corrected chi connectivity index (χ3v) is 7.00. The average Bonchev–Trinajstić information content (AvgIpc) is 3.12. The summed E-state index contributed by atoms with van der Waals surface area (Å²) in [6, 6.07) is 12.8. The highest BCUT2D eigenvalue weighted by molar-refractivity contribution is 9.10. The number of esters is 1. The molecule has 0 N–H and O–H groups in total. The molecule has 3 aromatic rings. The van der Waals surface area contributed by atoms with E-state index < -0.39 is 12.0 Å². The van der Waals surface area contributed by atoms with Crippen LogP contribution in [0.1, 0.15) is 36.6 Å². The lowest BCUT2D eigenvalue weighted by atomic mass is 9.95. The second-order valence-electron chi connectivity index (χ2n) is 7.99. The van der Waals surface area contributed by atoms with E-state index in [9.17, 15) is 9.59 Å². The number of carbonyl (C=O) groups excluding carboxylic acids is 1. The molecular weight excluding hydrogens is 528 g/mol. The van der Waals surface area contributed by atoms with Crippen molar-refractivity contribution < 1.29 is 14.3 Å². The Morgan fingerprint density at radius 2 is 1.97 bits per heavy atom. The Hall–Kier alpha value is -3.23. The first-order valence-corrected chi connectivity index (χ1v) is 12.7. The molecule has 1 aliphatic rings. The van der Waals surface area contributed by atoms with Crippen LogP contribution in [0.4, 0.5) is 0 Å². The van der Waals surface area contributed by atoms with Crippen LogP contribution in [-0.4, -0.2) is 23.8 Å². The molecule has 0 saturated heterocycles. The number of benzene rings is 2. The Bertz CT molecular complexity index is 1500. The van der Waals surface area contributed by atoms with Crippen LogP contribution in [0.5, 0.6) is 5.75 Å². The molecular formula is C27H25BrN2O4S. The molecule has 8 heteroatoms. The molecule has 4 rings (SSSR count). The van der Waals surface area contributed by atoms with Gasteiger partial charge in [0.25, 0.3) is 5.56 Å². The number of rotatable bonds is 7. The molecule has 0 amide bonds. The zero-order valence-corrected chi connectivity index (χ0v) is 22.1. The molecule has 35 heavy (non-hydrogen) atoms. The van der Waals surface area contributed by atoms with Crippen molar-refractivity contribution in [3.8, 4) is 5.75 Å². The quantitative estimate of drug-likeness (QED) is 0.321. The Labute approximate surface area is 215 Å². The summed E-state index contributed by atoms with van der Waals surface area (Å²) in [6.45, 7) is 9.81. The zero-order chi connectivity index (χ0) is 25.1. The van der Waals surface area contributed by atoms with Crippen molar-refractivity contribution in [3.63, 3.8) is 0 Å². The Morgan fingerprint density at radius 3 is 2.66 bits per heavy atom. The number of nitrogens with zero attached hydrogens (tertiary/aromatic N) is 2. The minimum Gasteiger partial charge on any atom is -0.489 e. The highest BCUT2D eigenvalue weighted by Crippen LogP contribution is 2.31. The van der Waals surface area contributed by atoms with Crippen molar-refractivity contribution in [2.45, 2.75) is 26.8 Å². The molecule has 0 aliphatic carbocycles. The van der Waals surface area contributed by atoms with E-state index in [-0.39, 0.29) is 12.2 Å². The molecule has 0 bridgehead atoms. The van der Waals surface area contributed by atoms with Gasteiger partial charge in [-0.25, -0.2) is 9.79 Å². The lowest BCUT2D eigenvalue weighted by Gasteiger charge is -2.24. The predicted molar refractivity (Wildman–Crippen MR) is 141 cm³/mol. The number of thiazole rings is 1. The van der Waals surface area contributed by atoms with Crippen molar-refractivity contribution in [2.75, 3.05) is 13.2 Å². The van der Waals surface area contributed by atoms with Crippen LogP contribution < -0.4 is 19.6 Å². The Kier molecular flexibility index (Phi) is 7.52. The van der Waals surface area contributed by atoms with Gasteiger partial charge in [0.2, 0.25) is 0 Å². The van der Waals surface area contributed by atoms with Crippen molar-refractivity contribution in [1.82, 2.24) is 4.57 Å². The fourth-order valence-electron chi connectivity index (χ4n) is 3.91. The molecule has 2 aromatic carbocycles. The second kappa shape index (κ2) is 10.6. The monoisotopic (exact) mass is 552 g/mol. The van der Waals surface area contributed by atoms with E-state index in [2.05, 4.69) is 27.5 Å². The van der Waals surface area contributed by atoms with Gasteiger partial charge >= 0.3 is 5.97 Å². The molecule has 1 aromatic heterocycles. The Morgan fingerprint density at radius 1 is 1.23 bits per heavy atom. The maximum Gasteiger partial charge on any atom is 0.338 e. The summed E-state index contributed by atoms with van der Waals surface area (Å²) in [6.07, 6.45) is 3.46. The first-order valence-electron chi connectivity index (χ1n) is 11.1. The fraction of sp³-hybridized carbons (Fsp3) is 0.222. The van der Waals surface area contributed by atoms with Crippen molar-refractivity contribution in [2.24, 2.45) is 4.99 Å². The standard InChI is InChI=1S/C27H25BrN2O4S/c1-5-13-34-21-12-11-20(28)14-19(21)15-22-25(31)30-24(18-9-7-16(3)8-10-18)23(26(32)33-6-2)17(4)29-27(30)35-22/h5,7-12,14-15,24H,1,6,13H2,2-4H3/b22-15-/t24-/m0/s1. The molecule has 0 fully saturated rings. The largest absolute Gasteiger partial charge is 0.489 e. The lowest BCUT2D eigenvalue weighted by molar-refractivity contribution is -0.139. The maximum absolute atomic E-state index is 13.8. The van der Waals surface area contributed by atoms with Gasteiger partial charge in [0, 0.05) is 10.0 Å².